The topological polar surface area (TPSA) is 23.8 Å². The molecule has 0 heterocycles. The minimum absolute atomic E-state index is 0.0410. The fraction of sp³-hybridized carbons (Fsp3) is 0.960. The second-order valence-corrected chi connectivity index (χ2v) is 10.3. The first-order valence-corrected chi connectivity index (χ1v) is 12.1. The summed E-state index contributed by atoms with van der Waals surface area (Å²) in [6, 6.07) is 2.75. The zero-order valence-electron chi connectivity index (χ0n) is 17.6. The van der Waals surface area contributed by atoms with Crippen molar-refractivity contribution < 1.29 is 0 Å². The van der Waals surface area contributed by atoms with Gasteiger partial charge in [-0.1, -0.05) is 58.8 Å². The Balaban J connectivity index is 1.45. The number of rotatable bonds is 7. The summed E-state index contributed by atoms with van der Waals surface area (Å²) in [7, 11) is 0. The van der Waals surface area contributed by atoms with Crippen LogP contribution in [0.15, 0.2) is 0 Å². The molecule has 1 nitrogen and oxygen atoms in total. The van der Waals surface area contributed by atoms with E-state index in [4.69, 9.17) is 0 Å². The Labute approximate surface area is 163 Å². The number of nitrogens with zero attached hydrogens (tertiary/aromatic N) is 1. The third-order valence-electron chi connectivity index (χ3n) is 8.57. The molecular weight excluding hydrogens is 314 g/mol. The van der Waals surface area contributed by atoms with Gasteiger partial charge in [-0.3, -0.25) is 0 Å². The van der Waals surface area contributed by atoms with Crippen molar-refractivity contribution in [3.05, 3.63) is 0 Å². The van der Waals surface area contributed by atoms with Gasteiger partial charge in [0.25, 0.3) is 0 Å². The van der Waals surface area contributed by atoms with Crippen LogP contribution in [0.2, 0.25) is 0 Å². The summed E-state index contributed by atoms with van der Waals surface area (Å²) in [5.41, 5.74) is 0.0410. The zero-order valence-corrected chi connectivity index (χ0v) is 17.6. The molecule has 4 atom stereocenters. The average Bonchev–Trinajstić information content (AvgIpc) is 2.68. The highest BCUT2D eigenvalue weighted by atomic mass is 14.5. The van der Waals surface area contributed by atoms with Gasteiger partial charge >= 0.3 is 0 Å². The second kappa shape index (κ2) is 9.61. The second-order valence-electron chi connectivity index (χ2n) is 10.3. The molecule has 0 N–H and O–H groups in total. The first-order valence-electron chi connectivity index (χ1n) is 12.1. The predicted octanol–water partition coefficient (Wildman–Crippen LogP) is 7.90. The van der Waals surface area contributed by atoms with E-state index in [0.717, 1.165) is 36.0 Å². The maximum Gasteiger partial charge on any atom is 0.0689 e. The monoisotopic (exact) mass is 357 g/mol. The molecule has 0 amide bonds. The van der Waals surface area contributed by atoms with Gasteiger partial charge in [0, 0.05) is 0 Å². The molecule has 0 radical (unpaired) electrons. The SMILES string of the molecule is CCCCCC1CCC(C2CCC3CC(C#N)(CCC)CCC3C2)CC1. The Morgan fingerprint density at radius 1 is 0.808 bits per heavy atom. The lowest BCUT2D eigenvalue weighted by Gasteiger charge is -2.47. The van der Waals surface area contributed by atoms with Crippen molar-refractivity contribution in [2.24, 2.45) is 35.0 Å². The smallest absolute Gasteiger partial charge is 0.0689 e. The number of nitriles is 1. The molecule has 0 bridgehead atoms. The fourth-order valence-electron chi connectivity index (χ4n) is 6.97. The Bertz CT molecular complexity index is 455. The molecule has 1 heteroatoms. The van der Waals surface area contributed by atoms with Gasteiger partial charge in [-0.2, -0.15) is 5.26 Å². The molecule has 3 aliphatic rings. The first kappa shape index (κ1) is 20.2. The highest BCUT2D eigenvalue weighted by Gasteiger charge is 2.44. The van der Waals surface area contributed by atoms with Gasteiger partial charge in [-0.25, -0.2) is 0 Å². The molecule has 148 valence electrons. The average molecular weight is 358 g/mol. The van der Waals surface area contributed by atoms with Crippen molar-refractivity contribution in [1.82, 2.24) is 0 Å². The summed E-state index contributed by atoms with van der Waals surface area (Å²) in [6.07, 6.45) is 22.3. The van der Waals surface area contributed by atoms with E-state index in [0.29, 0.717) is 0 Å². The van der Waals surface area contributed by atoms with Gasteiger partial charge in [-0.15, -0.1) is 0 Å². The molecule has 4 unspecified atom stereocenters. The number of hydrogen-bond acceptors (Lipinski definition) is 1. The van der Waals surface area contributed by atoms with E-state index in [2.05, 4.69) is 19.9 Å². The molecule has 3 saturated carbocycles. The maximum absolute atomic E-state index is 9.77. The Kier molecular flexibility index (Phi) is 7.48. The van der Waals surface area contributed by atoms with Crippen LogP contribution in [0.25, 0.3) is 0 Å². The van der Waals surface area contributed by atoms with Crippen molar-refractivity contribution in [1.29, 1.82) is 5.26 Å². The molecular formula is C25H43N. The van der Waals surface area contributed by atoms with E-state index in [1.807, 2.05) is 0 Å². The highest BCUT2D eigenvalue weighted by molar-refractivity contribution is 5.04. The molecule has 0 aromatic carbocycles. The maximum atomic E-state index is 9.77. The fourth-order valence-corrected chi connectivity index (χ4v) is 6.97. The Morgan fingerprint density at radius 2 is 1.50 bits per heavy atom. The largest absolute Gasteiger partial charge is 0.198 e. The molecule has 0 aromatic rings. The lowest BCUT2D eigenvalue weighted by molar-refractivity contribution is 0.0383. The quantitative estimate of drug-likeness (QED) is 0.425. The van der Waals surface area contributed by atoms with Crippen LogP contribution in [0.5, 0.6) is 0 Å². The van der Waals surface area contributed by atoms with Crippen molar-refractivity contribution in [2.45, 2.75) is 117 Å². The summed E-state index contributed by atoms with van der Waals surface area (Å²) in [5, 5.41) is 9.77. The number of hydrogen-bond donors (Lipinski definition) is 0. The van der Waals surface area contributed by atoms with E-state index >= 15 is 0 Å². The van der Waals surface area contributed by atoms with Crippen molar-refractivity contribution in [3.8, 4) is 6.07 Å². The Hall–Kier alpha value is -0.510. The first-order chi connectivity index (χ1) is 12.7. The van der Waals surface area contributed by atoms with Crippen LogP contribution >= 0.6 is 0 Å². The van der Waals surface area contributed by atoms with Gasteiger partial charge in [0.1, 0.15) is 0 Å². The van der Waals surface area contributed by atoms with Crippen LogP contribution in [0.3, 0.4) is 0 Å². The lowest BCUT2D eigenvalue weighted by atomic mass is 9.57. The van der Waals surface area contributed by atoms with Gasteiger partial charge in [0.2, 0.25) is 0 Å². The molecule has 3 fully saturated rings. The van der Waals surface area contributed by atoms with Crippen LogP contribution < -0.4 is 0 Å². The summed E-state index contributed by atoms with van der Waals surface area (Å²) in [5.74, 6) is 4.94. The van der Waals surface area contributed by atoms with Crippen LogP contribution in [0, 0.1) is 46.3 Å². The van der Waals surface area contributed by atoms with Gasteiger partial charge in [0.05, 0.1) is 11.5 Å². The van der Waals surface area contributed by atoms with Crippen LogP contribution in [-0.4, -0.2) is 0 Å². The minimum Gasteiger partial charge on any atom is -0.198 e. The van der Waals surface area contributed by atoms with E-state index < -0.39 is 0 Å². The van der Waals surface area contributed by atoms with Crippen molar-refractivity contribution in [3.63, 3.8) is 0 Å². The van der Waals surface area contributed by atoms with E-state index in [1.165, 1.54) is 96.3 Å². The van der Waals surface area contributed by atoms with Gasteiger partial charge < -0.3 is 0 Å². The van der Waals surface area contributed by atoms with Gasteiger partial charge in [-0.05, 0) is 87.4 Å². The molecule has 0 saturated heterocycles. The molecule has 0 spiro atoms. The van der Waals surface area contributed by atoms with Crippen LogP contribution in [0.1, 0.15) is 117 Å². The predicted molar refractivity (Wildman–Crippen MR) is 111 cm³/mol. The third kappa shape index (κ3) is 4.85. The summed E-state index contributed by atoms with van der Waals surface area (Å²) in [4.78, 5) is 0. The minimum atomic E-state index is 0.0410. The number of fused-ring (bicyclic) bond motifs is 1. The van der Waals surface area contributed by atoms with Crippen LogP contribution in [-0.2, 0) is 0 Å². The third-order valence-corrected chi connectivity index (χ3v) is 8.57. The normalized spacial score (nSPS) is 40.6. The van der Waals surface area contributed by atoms with E-state index in [9.17, 15) is 5.26 Å². The molecule has 0 aromatic heterocycles. The van der Waals surface area contributed by atoms with E-state index in [-0.39, 0.29) is 5.41 Å². The molecule has 3 aliphatic carbocycles. The summed E-state index contributed by atoms with van der Waals surface area (Å²) >= 11 is 0. The van der Waals surface area contributed by atoms with Crippen molar-refractivity contribution in [2.75, 3.05) is 0 Å². The molecule has 3 rings (SSSR count). The number of unbranched alkanes of at least 4 members (excludes halogenated alkanes) is 2. The standard InChI is InChI=1S/C25H43N/c1-3-5-6-7-20-8-10-21(11-9-20)22-12-13-24-18-25(19-26,15-4-2)16-14-23(24)17-22/h20-24H,3-18H2,1-2H3. The lowest BCUT2D eigenvalue weighted by Crippen LogP contribution is -2.38. The Morgan fingerprint density at radius 3 is 2.19 bits per heavy atom. The highest BCUT2D eigenvalue weighted by Crippen LogP contribution is 2.53. The van der Waals surface area contributed by atoms with Crippen LogP contribution in [0.4, 0.5) is 0 Å². The van der Waals surface area contributed by atoms with Crippen molar-refractivity contribution >= 4 is 0 Å². The van der Waals surface area contributed by atoms with Gasteiger partial charge in [0.15, 0.2) is 0 Å². The molecule has 26 heavy (non-hydrogen) atoms. The molecule has 0 aliphatic heterocycles. The van der Waals surface area contributed by atoms with E-state index in [1.54, 1.807) is 0 Å². The summed E-state index contributed by atoms with van der Waals surface area (Å²) in [6.45, 7) is 4.57. The zero-order chi connectivity index (χ0) is 18.4. The summed E-state index contributed by atoms with van der Waals surface area (Å²) < 4.78 is 0.